The van der Waals surface area contributed by atoms with Gasteiger partial charge >= 0.3 is 0 Å². The first kappa shape index (κ1) is 13.2. The molecule has 0 fully saturated rings. The Morgan fingerprint density at radius 1 is 1.39 bits per heavy atom. The number of aromatic nitrogens is 1. The molecule has 1 aromatic carbocycles. The van der Waals surface area contributed by atoms with E-state index in [1.165, 1.54) is 16.3 Å². The quantitative estimate of drug-likeness (QED) is 0.915. The zero-order chi connectivity index (χ0) is 11.7. The molecule has 5 heteroatoms. The molecule has 0 atom stereocenters. The van der Waals surface area contributed by atoms with Crippen molar-refractivity contribution in [2.75, 3.05) is 23.3 Å². The van der Waals surface area contributed by atoms with Crippen LogP contribution in [-0.4, -0.2) is 18.1 Å². The summed E-state index contributed by atoms with van der Waals surface area (Å²) in [5, 5.41) is 4.57. The third-order valence-electron chi connectivity index (χ3n) is 2.96. The minimum absolute atomic E-state index is 0. The highest BCUT2D eigenvalue weighted by Crippen LogP contribution is 2.30. The van der Waals surface area contributed by atoms with Crippen molar-refractivity contribution in [1.29, 1.82) is 0 Å². The van der Waals surface area contributed by atoms with Crippen LogP contribution in [0.25, 0.3) is 0 Å². The molecule has 1 aliphatic heterocycles. The number of benzene rings is 1. The molecule has 3 nitrogen and oxygen atoms in total. The molecule has 0 saturated heterocycles. The normalized spacial score (nSPS) is 13.5. The van der Waals surface area contributed by atoms with Crippen LogP contribution in [0.2, 0.25) is 0 Å². The molecule has 0 unspecified atom stereocenters. The fourth-order valence-electron chi connectivity index (χ4n) is 2.18. The van der Waals surface area contributed by atoms with Crippen molar-refractivity contribution in [3.63, 3.8) is 0 Å². The van der Waals surface area contributed by atoms with Gasteiger partial charge in [-0.2, -0.15) is 0 Å². The van der Waals surface area contributed by atoms with Gasteiger partial charge in [-0.3, -0.25) is 0 Å². The predicted molar refractivity (Wildman–Crippen MR) is 80.1 cm³/mol. The van der Waals surface area contributed by atoms with E-state index >= 15 is 0 Å². The number of aryl methyl sites for hydroxylation is 1. The summed E-state index contributed by atoms with van der Waals surface area (Å²) >= 11 is 1.78. The fourth-order valence-corrected chi connectivity index (χ4v) is 2.99. The van der Waals surface area contributed by atoms with Gasteiger partial charge in [0.1, 0.15) is 0 Å². The number of fused-ring (bicyclic) bond motifs is 1. The molecule has 0 bridgehead atoms. The summed E-state index contributed by atoms with van der Waals surface area (Å²) in [7, 11) is 0. The van der Waals surface area contributed by atoms with Gasteiger partial charge in [0.2, 0.25) is 0 Å². The van der Waals surface area contributed by atoms with Crippen molar-refractivity contribution in [2.24, 2.45) is 0 Å². The lowest BCUT2D eigenvalue weighted by Crippen LogP contribution is -2.33. The van der Waals surface area contributed by atoms with E-state index in [0.29, 0.717) is 0 Å². The van der Waals surface area contributed by atoms with Gasteiger partial charge in [-0.15, -0.1) is 23.7 Å². The summed E-state index contributed by atoms with van der Waals surface area (Å²) in [6, 6.07) is 8.48. The van der Waals surface area contributed by atoms with Gasteiger partial charge in [0, 0.05) is 24.2 Å². The number of nitrogens with one attached hydrogen (secondary N) is 1. The Morgan fingerprint density at radius 3 is 3.00 bits per heavy atom. The van der Waals surface area contributed by atoms with Gasteiger partial charge in [-0.1, -0.05) is 12.1 Å². The van der Waals surface area contributed by atoms with Gasteiger partial charge in [-0.25, -0.2) is 4.98 Å². The Labute approximate surface area is 117 Å². The van der Waals surface area contributed by atoms with Crippen molar-refractivity contribution < 1.29 is 0 Å². The second kappa shape index (κ2) is 5.59. The molecule has 2 aromatic rings. The number of hydrogen-bond acceptors (Lipinski definition) is 4. The van der Waals surface area contributed by atoms with Crippen LogP contribution < -0.4 is 10.2 Å². The number of hydrogen-bond donors (Lipinski definition) is 1. The molecule has 18 heavy (non-hydrogen) atoms. The highest BCUT2D eigenvalue weighted by molar-refractivity contribution is 7.11. The zero-order valence-corrected chi connectivity index (χ0v) is 11.9. The minimum Gasteiger partial charge on any atom is -0.382 e. The van der Waals surface area contributed by atoms with E-state index in [1.807, 2.05) is 6.20 Å². The maximum absolute atomic E-state index is 4.31. The Hall–Kier alpha value is -1.26. The molecule has 1 N–H and O–H groups in total. The number of rotatable bonds is 2. The third-order valence-corrected chi connectivity index (χ3v) is 3.86. The highest BCUT2D eigenvalue weighted by atomic mass is 35.5. The molecular formula is C13H16ClN3S. The number of anilines is 2. The first-order valence-corrected chi connectivity index (χ1v) is 6.64. The monoisotopic (exact) mass is 281 g/mol. The van der Waals surface area contributed by atoms with Gasteiger partial charge < -0.3 is 10.2 Å². The number of nitrogens with zero attached hydrogens (tertiary/aromatic N) is 2. The average molecular weight is 282 g/mol. The summed E-state index contributed by atoms with van der Waals surface area (Å²) in [5.41, 5.74) is 2.53. The summed E-state index contributed by atoms with van der Waals surface area (Å²) in [6.45, 7) is 5.08. The second-order valence-corrected chi connectivity index (χ2v) is 5.53. The minimum atomic E-state index is 0. The topological polar surface area (TPSA) is 28.2 Å². The van der Waals surface area contributed by atoms with E-state index in [9.17, 15) is 0 Å². The Kier molecular flexibility index (Phi) is 4.09. The van der Waals surface area contributed by atoms with Crippen molar-refractivity contribution in [3.05, 3.63) is 40.3 Å². The molecule has 3 rings (SSSR count). The number of halogens is 1. The van der Waals surface area contributed by atoms with Crippen LogP contribution in [0, 0.1) is 6.92 Å². The SMILES string of the molecule is Cc1ncc(CN2CCNc3ccccc32)s1.Cl. The fraction of sp³-hybridized carbons (Fsp3) is 0.308. The molecule has 0 spiro atoms. The zero-order valence-electron chi connectivity index (χ0n) is 10.2. The maximum Gasteiger partial charge on any atom is 0.0897 e. The molecule has 1 aromatic heterocycles. The largest absolute Gasteiger partial charge is 0.382 e. The third kappa shape index (κ3) is 2.60. The first-order valence-electron chi connectivity index (χ1n) is 5.82. The lowest BCUT2D eigenvalue weighted by atomic mass is 10.2. The van der Waals surface area contributed by atoms with E-state index in [-0.39, 0.29) is 12.4 Å². The summed E-state index contributed by atoms with van der Waals surface area (Å²) in [5.74, 6) is 0. The van der Waals surface area contributed by atoms with E-state index in [2.05, 4.69) is 46.4 Å². The van der Waals surface area contributed by atoms with E-state index in [0.717, 1.165) is 24.6 Å². The van der Waals surface area contributed by atoms with Crippen LogP contribution in [0.3, 0.4) is 0 Å². The summed E-state index contributed by atoms with van der Waals surface area (Å²) in [6.07, 6.45) is 1.99. The average Bonchev–Trinajstić information content (AvgIpc) is 2.75. The molecule has 0 amide bonds. The van der Waals surface area contributed by atoms with Crippen LogP contribution in [0.4, 0.5) is 11.4 Å². The smallest absolute Gasteiger partial charge is 0.0897 e. The Morgan fingerprint density at radius 2 is 2.22 bits per heavy atom. The van der Waals surface area contributed by atoms with Gasteiger partial charge in [0.05, 0.1) is 22.9 Å². The van der Waals surface area contributed by atoms with E-state index < -0.39 is 0 Å². The molecule has 0 aliphatic carbocycles. The number of thiazole rings is 1. The lowest BCUT2D eigenvalue weighted by Gasteiger charge is -2.31. The van der Waals surface area contributed by atoms with Crippen molar-refractivity contribution in [3.8, 4) is 0 Å². The summed E-state index contributed by atoms with van der Waals surface area (Å²) < 4.78 is 0. The van der Waals surface area contributed by atoms with E-state index in [4.69, 9.17) is 0 Å². The predicted octanol–water partition coefficient (Wildman–Crippen LogP) is 3.31. The van der Waals surface area contributed by atoms with Gasteiger partial charge in [-0.05, 0) is 19.1 Å². The van der Waals surface area contributed by atoms with E-state index in [1.54, 1.807) is 11.3 Å². The van der Waals surface area contributed by atoms with Crippen LogP contribution in [0.15, 0.2) is 30.5 Å². The second-order valence-electron chi connectivity index (χ2n) is 4.21. The number of para-hydroxylation sites is 2. The van der Waals surface area contributed by atoms with Crippen molar-refractivity contribution in [2.45, 2.75) is 13.5 Å². The lowest BCUT2D eigenvalue weighted by molar-refractivity contribution is 0.794. The maximum atomic E-state index is 4.31. The van der Waals surface area contributed by atoms with Crippen LogP contribution >= 0.6 is 23.7 Å². The molecule has 2 heterocycles. The molecule has 0 saturated carbocycles. The molecular weight excluding hydrogens is 266 g/mol. The first-order chi connectivity index (χ1) is 8.33. The Balaban J connectivity index is 0.00000120. The van der Waals surface area contributed by atoms with Gasteiger partial charge in [0.15, 0.2) is 0 Å². The van der Waals surface area contributed by atoms with Gasteiger partial charge in [0.25, 0.3) is 0 Å². The summed E-state index contributed by atoms with van der Waals surface area (Å²) in [4.78, 5) is 8.06. The molecule has 1 aliphatic rings. The van der Waals surface area contributed by atoms with Crippen LogP contribution in [0.5, 0.6) is 0 Å². The Bertz CT molecular complexity index is 526. The van der Waals surface area contributed by atoms with Crippen molar-refractivity contribution >= 4 is 35.1 Å². The van der Waals surface area contributed by atoms with Crippen LogP contribution in [0.1, 0.15) is 9.88 Å². The van der Waals surface area contributed by atoms with Crippen LogP contribution in [-0.2, 0) is 6.54 Å². The highest BCUT2D eigenvalue weighted by Gasteiger charge is 2.16. The molecule has 96 valence electrons. The van der Waals surface area contributed by atoms with Crippen molar-refractivity contribution in [1.82, 2.24) is 4.98 Å². The standard InChI is InChI=1S/C13H15N3S.ClH/c1-10-15-8-11(17-10)9-16-7-6-14-12-4-2-3-5-13(12)16;/h2-5,8,14H,6-7,9H2,1H3;1H. The molecule has 0 radical (unpaired) electrons.